The van der Waals surface area contributed by atoms with Crippen molar-refractivity contribution in [1.29, 1.82) is 0 Å². The van der Waals surface area contributed by atoms with Gasteiger partial charge in [-0.25, -0.2) is 16.8 Å². The molecule has 0 aliphatic rings. The average molecular weight is 471 g/mol. The molecule has 0 spiro atoms. The zero-order valence-electron chi connectivity index (χ0n) is 16.5. The van der Waals surface area contributed by atoms with Crippen molar-refractivity contribution in [3.05, 3.63) is 53.6 Å². The first kappa shape index (κ1) is 29.4. The van der Waals surface area contributed by atoms with Gasteiger partial charge in [0.2, 0.25) is 5.91 Å². The molecule has 0 radical (unpaired) electrons. The quantitative estimate of drug-likeness (QED) is 0.240. The van der Waals surface area contributed by atoms with Crippen LogP contribution in [0.4, 0.5) is 5.69 Å². The Morgan fingerprint density at radius 2 is 1.47 bits per heavy atom. The molecule has 0 aliphatic heterocycles. The van der Waals surface area contributed by atoms with Gasteiger partial charge in [0.05, 0.1) is 9.79 Å². The van der Waals surface area contributed by atoms with Gasteiger partial charge in [-0.2, -0.15) is 0 Å². The maximum atomic E-state index is 11.6. The van der Waals surface area contributed by atoms with Crippen molar-refractivity contribution in [3.63, 3.8) is 0 Å². The maximum absolute atomic E-state index is 11.6. The summed E-state index contributed by atoms with van der Waals surface area (Å²) in [5.41, 5.74) is 0.0539. The van der Waals surface area contributed by atoms with Crippen molar-refractivity contribution >= 4 is 44.0 Å². The number of carbonyl (C=O) groups is 1. The predicted molar refractivity (Wildman–Crippen MR) is 98.2 cm³/mol. The molecule has 13 heteroatoms. The number of benzene rings is 2. The predicted octanol–water partition coefficient (Wildman–Crippen LogP) is -4.74. The summed E-state index contributed by atoms with van der Waals surface area (Å²) < 4.78 is 73.3. The SMILES string of the molecule is COCC(=O)Nc1ccc(C=Cc2ccccc2S(=O)(=O)[O-])c(S(=O)(=O)[O-])c1.[Na+].[Na+]. The van der Waals surface area contributed by atoms with Crippen LogP contribution in [0.2, 0.25) is 0 Å². The van der Waals surface area contributed by atoms with E-state index in [1.54, 1.807) is 0 Å². The molecule has 1 amide bonds. The molecule has 0 aliphatic carbocycles. The van der Waals surface area contributed by atoms with Crippen molar-refractivity contribution in [1.82, 2.24) is 0 Å². The number of ether oxygens (including phenoxy) is 1. The second-order valence-corrected chi connectivity index (χ2v) is 8.21. The van der Waals surface area contributed by atoms with E-state index in [1.807, 2.05) is 0 Å². The van der Waals surface area contributed by atoms with Crippen molar-refractivity contribution in [3.8, 4) is 0 Å². The number of carbonyl (C=O) groups excluding carboxylic acids is 1. The van der Waals surface area contributed by atoms with Gasteiger partial charge in [0.15, 0.2) is 0 Å². The first-order chi connectivity index (χ1) is 13.0. The molecule has 2 aromatic carbocycles. The Bertz CT molecular complexity index is 1130. The summed E-state index contributed by atoms with van der Waals surface area (Å²) in [6.45, 7) is -0.262. The second kappa shape index (κ2) is 12.5. The van der Waals surface area contributed by atoms with E-state index in [-0.39, 0.29) is 82.5 Å². The van der Waals surface area contributed by atoms with Crippen molar-refractivity contribution in [2.24, 2.45) is 0 Å². The molecule has 0 atom stereocenters. The van der Waals surface area contributed by atoms with E-state index in [2.05, 4.69) is 10.1 Å². The minimum atomic E-state index is -4.91. The van der Waals surface area contributed by atoms with Crippen LogP contribution in [-0.4, -0.2) is 45.6 Å². The van der Waals surface area contributed by atoms with Crippen LogP contribution in [0.1, 0.15) is 11.1 Å². The van der Waals surface area contributed by atoms with Crippen LogP contribution in [0.3, 0.4) is 0 Å². The van der Waals surface area contributed by atoms with Crippen LogP contribution in [0.25, 0.3) is 12.2 Å². The van der Waals surface area contributed by atoms with E-state index in [0.29, 0.717) is 0 Å². The zero-order valence-corrected chi connectivity index (χ0v) is 22.1. The van der Waals surface area contributed by atoms with E-state index in [1.165, 1.54) is 49.6 Å². The summed E-state index contributed by atoms with van der Waals surface area (Å²) in [4.78, 5) is 10.4. The average Bonchev–Trinajstić information content (AvgIpc) is 2.59. The fourth-order valence-corrected chi connectivity index (χ4v) is 3.69. The summed E-state index contributed by atoms with van der Waals surface area (Å²) in [6, 6.07) is 8.93. The normalized spacial score (nSPS) is 11.4. The molecule has 9 nitrogen and oxygen atoms in total. The molecule has 0 heterocycles. The van der Waals surface area contributed by atoms with Crippen molar-refractivity contribution < 1.29 is 94.6 Å². The van der Waals surface area contributed by atoms with Gasteiger partial charge < -0.3 is 19.2 Å². The standard InChI is InChI=1S/C17H17NO8S2.2Na/c1-26-11-17(19)18-14-9-8-13(16(10-14)28(23,24)25)7-6-12-4-2-3-5-15(12)27(20,21)22;;/h2-10H,11H2,1H3,(H,18,19)(H,20,21,22)(H,23,24,25);;/q;2*+1/p-2. The zero-order chi connectivity index (χ0) is 20.9. The Labute approximate surface area is 219 Å². The molecule has 30 heavy (non-hydrogen) atoms. The van der Waals surface area contributed by atoms with Gasteiger partial charge in [-0.05, 0) is 29.3 Å². The van der Waals surface area contributed by atoms with Crippen LogP contribution < -0.4 is 64.4 Å². The van der Waals surface area contributed by atoms with E-state index in [9.17, 15) is 30.7 Å². The van der Waals surface area contributed by atoms with Crippen LogP contribution in [0, 0.1) is 0 Å². The molecular formula is C17H15NNa2O8S2. The number of hydrogen-bond acceptors (Lipinski definition) is 8. The van der Waals surface area contributed by atoms with Crippen LogP contribution in [0.5, 0.6) is 0 Å². The molecule has 0 saturated heterocycles. The van der Waals surface area contributed by atoms with Crippen LogP contribution >= 0.6 is 0 Å². The maximum Gasteiger partial charge on any atom is 1.00 e. The smallest absolute Gasteiger partial charge is 0.744 e. The van der Waals surface area contributed by atoms with E-state index >= 15 is 0 Å². The Balaban J connectivity index is 0.00000420. The summed E-state index contributed by atoms with van der Waals surface area (Å²) in [6.07, 6.45) is 2.40. The number of rotatable bonds is 7. The molecule has 2 aromatic rings. The van der Waals surface area contributed by atoms with Gasteiger partial charge in [-0.1, -0.05) is 36.4 Å². The molecule has 2 rings (SSSR count). The summed E-state index contributed by atoms with van der Waals surface area (Å²) in [5, 5.41) is 2.37. The Kier molecular flexibility index (Phi) is 12.2. The molecule has 0 unspecified atom stereocenters. The minimum absolute atomic E-state index is 0. The fraction of sp³-hybridized carbons (Fsp3) is 0.118. The molecule has 150 valence electrons. The van der Waals surface area contributed by atoms with E-state index in [0.717, 1.165) is 12.1 Å². The van der Waals surface area contributed by atoms with E-state index < -0.39 is 35.9 Å². The first-order valence-electron chi connectivity index (χ1n) is 7.64. The molecule has 1 N–H and O–H groups in total. The Hall–Kier alpha value is -0.570. The second-order valence-electron chi connectivity index (χ2n) is 5.51. The largest absolute Gasteiger partial charge is 1.00 e. The summed E-state index contributed by atoms with van der Waals surface area (Å²) >= 11 is 0. The van der Waals surface area contributed by atoms with Crippen LogP contribution in [0.15, 0.2) is 52.3 Å². The molecule has 0 aromatic heterocycles. The van der Waals surface area contributed by atoms with Gasteiger partial charge in [0, 0.05) is 12.8 Å². The Morgan fingerprint density at radius 3 is 2.00 bits per heavy atom. The third kappa shape index (κ3) is 8.52. The summed E-state index contributed by atoms with van der Waals surface area (Å²) in [5.74, 6) is -0.547. The molecule has 0 fully saturated rings. The Morgan fingerprint density at radius 1 is 0.933 bits per heavy atom. The fourth-order valence-electron chi connectivity index (χ4n) is 2.32. The van der Waals surface area contributed by atoms with Gasteiger partial charge in [-0.15, -0.1) is 0 Å². The molecular weight excluding hydrogens is 456 g/mol. The van der Waals surface area contributed by atoms with Gasteiger partial charge in [-0.3, -0.25) is 4.79 Å². The third-order valence-electron chi connectivity index (χ3n) is 3.47. The number of amides is 1. The first-order valence-corrected chi connectivity index (χ1v) is 10.5. The van der Waals surface area contributed by atoms with Gasteiger partial charge in [0.25, 0.3) is 0 Å². The van der Waals surface area contributed by atoms with Crippen LogP contribution in [-0.2, 0) is 29.8 Å². The molecule has 0 bridgehead atoms. The molecule has 0 saturated carbocycles. The minimum Gasteiger partial charge on any atom is -0.744 e. The number of nitrogens with one attached hydrogen (secondary N) is 1. The van der Waals surface area contributed by atoms with Gasteiger partial charge in [0.1, 0.15) is 26.8 Å². The van der Waals surface area contributed by atoms with Gasteiger partial charge >= 0.3 is 59.1 Å². The third-order valence-corrected chi connectivity index (χ3v) is 5.28. The topological polar surface area (TPSA) is 153 Å². The van der Waals surface area contributed by atoms with Crippen molar-refractivity contribution in [2.75, 3.05) is 19.0 Å². The summed E-state index contributed by atoms with van der Waals surface area (Å²) in [7, 11) is -8.35. The van der Waals surface area contributed by atoms with Crippen molar-refractivity contribution in [2.45, 2.75) is 9.79 Å². The number of anilines is 1. The number of methoxy groups -OCH3 is 1. The number of hydrogen-bond donors (Lipinski definition) is 1. The van der Waals surface area contributed by atoms with E-state index in [4.69, 9.17) is 0 Å². The monoisotopic (exact) mass is 471 g/mol.